The van der Waals surface area contributed by atoms with Gasteiger partial charge in [0, 0.05) is 32.4 Å². The van der Waals surface area contributed by atoms with Crippen LogP contribution in [0.1, 0.15) is 31.4 Å². The molecule has 0 unspecified atom stereocenters. The quantitative estimate of drug-likeness (QED) is 0.177. The van der Waals surface area contributed by atoms with Gasteiger partial charge >= 0.3 is 12.1 Å². The van der Waals surface area contributed by atoms with E-state index in [0.29, 0.717) is 30.7 Å². The third kappa shape index (κ3) is 8.36. The first-order valence-corrected chi connectivity index (χ1v) is 12.3. The first-order valence-electron chi connectivity index (χ1n) is 9.95. The van der Waals surface area contributed by atoms with E-state index in [1.165, 1.54) is 6.08 Å². The van der Waals surface area contributed by atoms with E-state index in [4.69, 9.17) is 14.6 Å². The Labute approximate surface area is 205 Å². The van der Waals surface area contributed by atoms with E-state index < -0.39 is 24.3 Å². The number of halogens is 1. The summed E-state index contributed by atoms with van der Waals surface area (Å²) in [7, 11) is 0. The van der Waals surface area contributed by atoms with Crippen molar-refractivity contribution in [3.8, 4) is 5.75 Å². The predicted octanol–water partition coefficient (Wildman–Crippen LogP) is 5.83. The number of benzene rings is 2. The summed E-state index contributed by atoms with van der Waals surface area (Å²) >= 11 is 3.71. The minimum atomic E-state index is -1.03. The molecule has 2 rings (SSSR count). The van der Waals surface area contributed by atoms with E-state index in [9.17, 15) is 14.7 Å². The number of phenolic OH excluding ortho intramolecular Hbond substituents is 1. The van der Waals surface area contributed by atoms with Gasteiger partial charge in [-0.25, -0.2) is 9.59 Å². The molecule has 172 valence electrons. The van der Waals surface area contributed by atoms with Gasteiger partial charge in [-0.3, -0.25) is 5.32 Å². The van der Waals surface area contributed by atoms with Crippen LogP contribution in [0.15, 0.2) is 59.5 Å². The normalized spacial score (nSPS) is 13.0. The molecule has 1 amide bonds. The monoisotopic (exact) mass is 571 g/mol. The van der Waals surface area contributed by atoms with E-state index in [-0.39, 0.29) is 5.75 Å². The molecule has 3 N–H and O–H groups in total. The second-order valence-electron chi connectivity index (χ2n) is 6.69. The average molecular weight is 571 g/mol. The lowest BCUT2D eigenvalue weighted by molar-refractivity contribution is -0.131. The molecule has 2 aromatic rings. The highest BCUT2D eigenvalue weighted by atomic mass is 127. The Morgan fingerprint density at radius 2 is 1.94 bits per heavy atom. The highest BCUT2D eigenvalue weighted by Crippen LogP contribution is 2.34. The van der Waals surface area contributed by atoms with Gasteiger partial charge in [0.25, 0.3) is 0 Å². The Kier molecular flexibility index (Phi) is 10.8. The molecule has 0 saturated heterocycles. The van der Waals surface area contributed by atoms with Gasteiger partial charge in [-0.05, 0) is 91.1 Å². The third-order valence-electron chi connectivity index (χ3n) is 4.46. The first kappa shape index (κ1) is 26.0. The number of carbonyl (C=O) groups excluding carboxylic acids is 1. The number of anilines is 1. The maximum absolute atomic E-state index is 12.7. The number of carbonyl (C=O) groups is 2. The Balaban J connectivity index is 2.25. The van der Waals surface area contributed by atoms with Gasteiger partial charge in [-0.15, -0.1) is 11.8 Å². The number of ether oxygens (including phenoxy) is 2. The number of amides is 1. The molecular formula is C23H26INO6S. The van der Waals surface area contributed by atoms with Gasteiger partial charge in [0.15, 0.2) is 6.10 Å². The fraction of sp³-hybridized carbons (Fsp3) is 0.304. The van der Waals surface area contributed by atoms with Crippen LogP contribution in [-0.4, -0.2) is 41.2 Å². The van der Waals surface area contributed by atoms with Crippen LogP contribution in [0.2, 0.25) is 0 Å². The molecule has 9 heteroatoms. The van der Waals surface area contributed by atoms with Crippen LogP contribution in [0.25, 0.3) is 0 Å². The van der Waals surface area contributed by atoms with E-state index in [1.54, 1.807) is 42.1 Å². The Morgan fingerprint density at radius 3 is 2.56 bits per heavy atom. The number of aliphatic carboxylic acids is 1. The fourth-order valence-electron chi connectivity index (χ4n) is 3.01. The molecule has 0 heterocycles. The molecule has 0 aliphatic carbocycles. The van der Waals surface area contributed by atoms with Gasteiger partial charge in [0.05, 0.1) is 6.10 Å². The standard InChI is InChI=1S/C23H26INO6S/c1-3-30-20(6-4-5-7-21(27)28)22(18-14-15(24)8-13-19(18)26)31-23(29)25-16-9-11-17(32-2)12-10-16/h5,7-14,20,22,26H,3-4,6H2,1-2H3,(H,25,29)(H,27,28)/b7-5+/t20-,22-/m1/s1. The lowest BCUT2D eigenvalue weighted by Crippen LogP contribution is -2.29. The van der Waals surface area contributed by atoms with E-state index in [0.717, 1.165) is 14.5 Å². The molecule has 2 aromatic carbocycles. The number of carboxylic acid groups (broad SMARTS) is 1. The molecular weight excluding hydrogens is 545 g/mol. The second kappa shape index (κ2) is 13.3. The van der Waals surface area contributed by atoms with Crippen LogP contribution in [0.5, 0.6) is 5.75 Å². The van der Waals surface area contributed by atoms with Crippen molar-refractivity contribution >= 4 is 52.1 Å². The number of hydrogen-bond acceptors (Lipinski definition) is 6. The minimum Gasteiger partial charge on any atom is -0.508 e. The second-order valence-corrected chi connectivity index (χ2v) is 8.82. The van der Waals surface area contributed by atoms with Crippen LogP contribution >= 0.6 is 34.4 Å². The Bertz CT molecular complexity index is 935. The van der Waals surface area contributed by atoms with E-state index in [1.807, 2.05) is 25.3 Å². The molecule has 7 nitrogen and oxygen atoms in total. The largest absolute Gasteiger partial charge is 0.508 e. The summed E-state index contributed by atoms with van der Waals surface area (Å²) < 4.78 is 12.4. The van der Waals surface area contributed by atoms with Crippen LogP contribution in [0.3, 0.4) is 0 Å². The van der Waals surface area contributed by atoms with Crippen molar-refractivity contribution in [3.63, 3.8) is 0 Å². The van der Waals surface area contributed by atoms with Crippen molar-refractivity contribution < 1.29 is 29.3 Å². The van der Waals surface area contributed by atoms with Gasteiger partial charge in [0.2, 0.25) is 0 Å². The molecule has 0 saturated carbocycles. The van der Waals surface area contributed by atoms with Crippen molar-refractivity contribution in [2.75, 3.05) is 18.2 Å². The summed E-state index contributed by atoms with van der Waals surface area (Å²) in [4.78, 5) is 24.5. The van der Waals surface area contributed by atoms with E-state index in [2.05, 4.69) is 27.9 Å². The van der Waals surface area contributed by atoms with Crippen molar-refractivity contribution in [1.82, 2.24) is 0 Å². The summed E-state index contributed by atoms with van der Waals surface area (Å²) in [5.74, 6) is -1.05. The molecule has 0 aliphatic rings. The topological polar surface area (TPSA) is 105 Å². The van der Waals surface area contributed by atoms with Gasteiger partial charge in [-0.1, -0.05) is 6.08 Å². The summed E-state index contributed by atoms with van der Waals surface area (Å²) in [6, 6.07) is 12.4. The van der Waals surface area contributed by atoms with Gasteiger partial charge in [-0.2, -0.15) is 0 Å². The number of carboxylic acids is 1. The number of nitrogens with one attached hydrogen (secondary N) is 1. The van der Waals surface area contributed by atoms with E-state index >= 15 is 0 Å². The molecule has 0 fully saturated rings. The highest BCUT2D eigenvalue weighted by Gasteiger charge is 2.30. The fourth-order valence-corrected chi connectivity index (χ4v) is 3.93. The number of rotatable bonds is 11. The number of allylic oxidation sites excluding steroid dienone is 1. The van der Waals surface area contributed by atoms with Crippen molar-refractivity contribution in [3.05, 3.63) is 63.8 Å². The molecule has 0 aliphatic heterocycles. The number of hydrogen-bond donors (Lipinski definition) is 3. The van der Waals surface area contributed by atoms with Crippen LogP contribution in [0.4, 0.5) is 10.5 Å². The lowest BCUT2D eigenvalue weighted by Gasteiger charge is -2.28. The Hall–Kier alpha value is -2.24. The number of phenols is 1. The molecule has 0 aromatic heterocycles. The minimum absolute atomic E-state index is 0.0154. The zero-order valence-corrected chi connectivity index (χ0v) is 20.8. The van der Waals surface area contributed by atoms with Crippen molar-refractivity contribution in [2.24, 2.45) is 0 Å². The molecule has 32 heavy (non-hydrogen) atoms. The zero-order valence-electron chi connectivity index (χ0n) is 17.8. The predicted molar refractivity (Wildman–Crippen MR) is 133 cm³/mol. The maximum Gasteiger partial charge on any atom is 0.412 e. The van der Waals surface area contributed by atoms with Crippen molar-refractivity contribution in [1.29, 1.82) is 0 Å². The number of thioether (sulfide) groups is 1. The molecule has 0 spiro atoms. The summed E-state index contributed by atoms with van der Waals surface area (Å²) in [5.41, 5.74) is 1.00. The molecule has 2 atom stereocenters. The SMILES string of the molecule is CCO[C@H](CC/C=C/C(=O)O)[C@H](OC(=O)Nc1ccc(SC)cc1)c1cc(I)ccc1O. The highest BCUT2D eigenvalue weighted by molar-refractivity contribution is 14.1. The molecule has 0 radical (unpaired) electrons. The number of aromatic hydroxyl groups is 1. The summed E-state index contributed by atoms with van der Waals surface area (Å²) in [5, 5.41) is 22.0. The maximum atomic E-state index is 12.7. The average Bonchev–Trinajstić information content (AvgIpc) is 2.76. The smallest absolute Gasteiger partial charge is 0.412 e. The summed E-state index contributed by atoms with van der Waals surface area (Å²) in [6.45, 7) is 2.18. The molecule has 0 bridgehead atoms. The summed E-state index contributed by atoms with van der Waals surface area (Å²) in [6.07, 6.45) is 3.17. The first-order chi connectivity index (χ1) is 15.3. The van der Waals surface area contributed by atoms with Gasteiger partial charge in [0.1, 0.15) is 5.75 Å². The van der Waals surface area contributed by atoms with Crippen LogP contribution in [-0.2, 0) is 14.3 Å². The lowest BCUT2D eigenvalue weighted by atomic mass is 9.99. The van der Waals surface area contributed by atoms with Crippen molar-refractivity contribution in [2.45, 2.75) is 36.9 Å². The Morgan fingerprint density at radius 1 is 1.22 bits per heavy atom. The van der Waals surface area contributed by atoms with Crippen LogP contribution in [0, 0.1) is 3.57 Å². The van der Waals surface area contributed by atoms with Gasteiger partial charge < -0.3 is 19.7 Å². The van der Waals surface area contributed by atoms with Crippen LogP contribution < -0.4 is 5.32 Å². The third-order valence-corrected chi connectivity index (χ3v) is 5.88. The zero-order chi connectivity index (χ0) is 23.5.